The molecule has 1 aliphatic rings. The van der Waals surface area contributed by atoms with Crippen LogP contribution in [-0.4, -0.2) is 40.8 Å². The van der Waals surface area contributed by atoms with Gasteiger partial charge in [-0.2, -0.15) is 4.39 Å². The van der Waals surface area contributed by atoms with Gasteiger partial charge in [0.15, 0.2) is 22.9 Å². The summed E-state index contributed by atoms with van der Waals surface area (Å²) >= 11 is 0. The van der Waals surface area contributed by atoms with Crippen molar-refractivity contribution in [2.45, 2.75) is 12.0 Å². The number of rotatable bonds is 3. The molecule has 3 N–H and O–H groups in total. The first-order valence-electron chi connectivity index (χ1n) is 5.78. The molecule has 1 aromatic carbocycles. The van der Waals surface area contributed by atoms with Crippen LogP contribution < -0.4 is 5.32 Å². The maximum atomic E-state index is 13.6. The van der Waals surface area contributed by atoms with Crippen LogP contribution in [0.25, 0.3) is 0 Å². The zero-order valence-electron chi connectivity index (χ0n) is 10.5. The minimum atomic E-state index is -1.83. The number of carboxylic acids is 1. The van der Waals surface area contributed by atoms with E-state index in [-0.39, 0.29) is 25.7 Å². The van der Waals surface area contributed by atoms with Crippen molar-refractivity contribution in [3.63, 3.8) is 0 Å². The molecular formula is C12H10F3NO5. The molecule has 0 aliphatic carbocycles. The van der Waals surface area contributed by atoms with Gasteiger partial charge in [0.2, 0.25) is 5.82 Å². The lowest BCUT2D eigenvalue weighted by Crippen LogP contribution is -2.55. The van der Waals surface area contributed by atoms with Crippen LogP contribution in [0.3, 0.4) is 0 Å². The van der Waals surface area contributed by atoms with Gasteiger partial charge in [-0.05, 0) is 6.07 Å². The molecule has 0 aromatic heterocycles. The molecule has 21 heavy (non-hydrogen) atoms. The first kappa shape index (κ1) is 15.1. The molecule has 6 nitrogen and oxygen atoms in total. The fourth-order valence-corrected chi connectivity index (χ4v) is 1.93. The number of benzene rings is 1. The lowest BCUT2D eigenvalue weighted by molar-refractivity contribution is -0.144. The number of hydrogen-bond acceptors (Lipinski definition) is 4. The summed E-state index contributed by atoms with van der Waals surface area (Å²) in [6, 6.07) is 0.241. The van der Waals surface area contributed by atoms with Gasteiger partial charge in [0.05, 0.1) is 12.2 Å². The van der Waals surface area contributed by atoms with Crippen LogP contribution in [0.4, 0.5) is 13.2 Å². The lowest BCUT2D eigenvalue weighted by Gasteiger charge is -2.23. The lowest BCUT2D eigenvalue weighted by atomic mass is 9.98. The van der Waals surface area contributed by atoms with E-state index in [1.165, 1.54) is 0 Å². The second-order valence-corrected chi connectivity index (χ2v) is 4.53. The van der Waals surface area contributed by atoms with E-state index in [9.17, 15) is 22.8 Å². The predicted octanol–water partition coefficient (Wildman–Crippen LogP) is 0.783. The van der Waals surface area contributed by atoms with Gasteiger partial charge >= 0.3 is 5.97 Å². The molecular weight excluding hydrogens is 295 g/mol. The molecule has 0 spiro atoms. The number of nitrogens with one attached hydrogen (secondary N) is 1. The number of halogens is 3. The van der Waals surface area contributed by atoms with Gasteiger partial charge in [-0.1, -0.05) is 0 Å². The first-order valence-corrected chi connectivity index (χ1v) is 5.78. The van der Waals surface area contributed by atoms with Crippen LogP contribution in [0.5, 0.6) is 5.75 Å². The average Bonchev–Trinajstić information content (AvgIpc) is 2.90. The third-order valence-electron chi connectivity index (χ3n) is 3.16. The van der Waals surface area contributed by atoms with Gasteiger partial charge in [0.1, 0.15) is 0 Å². The number of phenolic OH excluding ortho intramolecular Hbond substituents is 1. The fraction of sp³-hybridized carbons (Fsp3) is 0.333. The number of phenols is 1. The minimum absolute atomic E-state index is 0.0641. The van der Waals surface area contributed by atoms with E-state index in [4.69, 9.17) is 14.9 Å². The molecule has 1 heterocycles. The highest BCUT2D eigenvalue weighted by molar-refractivity contribution is 5.98. The third kappa shape index (κ3) is 2.51. The summed E-state index contributed by atoms with van der Waals surface area (Å²) in [5.41, 5.74) is -2.77. The molecule has 0 radical (unpaired) electrons. The van der Waals surface area contributed by atoms with Crippen LogP contribution in [-0.2, 0) is 9.53 Å². The molecule has 1 aromatic rings. The van der Waals surface area contributed by atoms with Gasteiger partial charge in [-0.3, -0.25) is 4.79 Å². The van der Waals surface area contributed by atoms with E-state index in [1.807, 2.05) is 5.32 Å². The number of amides is 1. The Bertz CT molecular complexity index is 613. The predicted molar refractivity (Wildman–Crippen MR) is 61.2 cm³/mol. The van der Waals surface area contributed by atoms with E-state index in [0.29, 0.717) is 0 Å². The highest BCUT2D eigenvalue weighted by atomic mass is 19.2. The zero-order chi connectivity index (χ0) is 15.8. The van der Waals surface area contributed by atoms with Crippen molar-refractivity contribution in [1.82, 2.24) is 5.32 Å². The maximum Gasteiger partial charge on any atom is 0.331 e. The number of ether oxygens (including phenoxy) is 1. The average molecular weight is 305 g/mol. The summed E-state index contributed by atoms with van der Waals surface area (Å²) < 4.78 is 44.5. The van der Waals surface area contributed by atoms with Crippen molar-refractivity contribution in [2.75, 3.05) is 13.2 Å². The monoisotopic (exact) mass is 305 g/mol. The van der Waals surface area contributed by atoms with Crippen molar-refractivity contribution in [3.8, 4) is 5.75 Å². The smallest absolute Gasteiger partial charge is 0.331 e. The Morgan fingerprint density at radius 1 is 1.29 bits per heavy atom. The number of carbonyl (C=O) groups excluding carboxylic acids is 1. The van der Waals surface area contributed by atoms with E-state index >= 15 is 0 Å². The minimum Gasteiger partial charge on any atom is -0.503 e. The molecule has 1 aliphatic heterocycles. The second kappa shape index (κ2) is 5.24. The maximum absolute atomic E-state index is 13.6. The molecule has 0 saturated carbocycles. The Labute approximate surface area is 116 Å². The standard InChI is InChI=1S/C12H10F3NO5/c13-6-3-5(7(14)9(17)8(6)15)10(18)16-12(11(19)20)1-2-21-4-12/h3,17H,1-2,4H2,(H,16,18)(H,19,20). The van der Waals surface area contributed by atoms with Crippen molar-refractivity contribution >= 4 is 11.9 Å². The molecule has 1 unspecified atom stereocenters. The van der Waals surface area contributed by atoms with Gasteiger partial charge in [0.25, 0.3) is 5.91 Å². The van der Waals surface area contributed by atoms with Crippen molar-refractivity contribution in [1.29, 1.82) is 0 Å². The van der Waals surface area contributed by atoms with Crippen LogP contribution in [0.2, 0.25) is 0 Å². The van der Waals surface area contributed by atoms with Crippen molar-refractivity contribution < 1.29 is 37.7 Å². The highest BCUT2D eigenvalue weighted by Crippen LogP contribution is 2.27. The van der Waals surface area contributed by atoms with Gasteiger partial charge in [-0.15, -0.1) is 0 Å². The highest BCUT2D eigenvalue weighted by Gasteiger charge is 2.44. The number of aliphatic carboxylic acids is 1. The van der Waals surface area contributed by atoms with E-state index in [0.717, 1.165) is 0 Å². The second-order valence-electron chi connectivity index (χ2n) is 4.53. The van der Waals surface area contributed by atoms with Crippen molar-refractivity contribution in [3.05, 3.63) is 29.1 Å². The molecule has 9 heteroatoms. The molecule has 114 valence electrons. The Hall–Kier alpha value is -2.29. The van der Waals surface area contributed by atoms with Crippen LogP contribution in [0, 0.1) is 17.5 Å². The molecule has 1 fully saturated rings. The fourth-order valence-electron chi connectivity index (χ4n) is 1.93. The summed E-state index contributed by atoms with van der Waals surface area (Å²) in [5, 5.41) is 20.2. The van der Waals surface area contributed by atoms with E-state index < -0.39 is 46.2 Å². The molecule has 1 saturated heterocycles. The van der Waals surface area contributed by atoms with Gasteiger partial charge < -0.3 is 20.3 Å². The Morgan fingerprint density at radius 3 is 2.48 bits per heavy atom. The van der Waals surface area contributed by atoms with E-state index in [1.54, 1.807) is 0 Å². The van der Waals surface area contributed by atoms with Crippen LogP contribution >= 0.6 is 0 Å². The third-order valence-corrected chi connectivity index (χ3v) is 3.16. The number of hydrogen-bond donors (Lipinski definition) is 3. The number of carbonyl (C=O) groups is 2. The Balaban J connectivity index is 2.35. The molecule has 1 atom stereocenters. The van der Waals surface area contributed by atoms with Gasteiger partial charge in [0, 0.05) is 13.0 Å². The molecule has 2 rings (SSSR count). The quantitative estimate of drug-likeness (QED) is 0.717. The van der Waals surface area contributed by atoms with Crippen LogP contribution in [0.1, 0.15) is 16.8 Å². The van der Waals surface area contributed by atoms with E-state index in [2.05, 4.69) is 0 Å². The summed E-state index contributed by atoms with van der Waals surface area (Å²) in [7, 11) is 0. The SMILES string of the molecule is O=C(NC1(C(=O)O)CCOC1)c1cc(F)c(F)c(O)c1F. The Morgan fingerprint density at radius 2 is 1.95 bits per heavy atom. The first-order chi connectivity index (χ1) is 9.78. The summed E-state index contributed by atoms with van der Waals surface area (Å²) in [4.78, 5) is 23.1. The zero-order valence-corrected chi connectivity index (χ0v) is 10.5. The normalized spacial score (nSPS) is 21.3. The molecule has 1 amide bonds. The Kier molecular flexibility index (Phi) is 3.77. The summed E-state index contributed by atoms with van der Waals surface area (Å²) in [6.07, 6.45) is -0.0641. The van der Waals surface area contributed by atoms with Crippen LogP contribution in [0.15, 0.2) is 6.07 Å². The largest absolute Gasteiger partial charge is 0.503 e. The van der Waals surface area contributed by atoms with Crippen molar-refractivity contribution in [2.24, 2.45) is 0 Å². The number of carboxylic acid groups (broad SMARTS) is 1. The molecule has 0 bridgehead atoms. The van der Waals surface area contributed by atoms with Gasteiger partial charge in [-0.25, -0.2) is 13.6 Å². The summed E-state index contributed by atoms with van der Waals surface area (Å²) in [6.45, 7) is -0.274. The topological polar surface area (TPSA) is 95.9 Å². The summed E-state index contributed by atoms with van der Waals surface area (Å²) in [5.74, 6) is -9.49. The number of aromatic hydroxyl groups is 1.